The van der Waals surface area contributed by atoms with Crippen LogP contribution < -0.4 is 5.56 Å². The topological polar surface area (TPSA) is 55.2 Å². The zero-order valence-corrected chi connectivity index (χ0v) is 16.6. The molecule has 0 unspecified atom stereocenters. The van der Waals surface area contributed by atoms with Crippen molar-refractivity contribution in [2.45, 2.75) is 39.2 Å². The van der Waals surface area contributed by atoms with E-state index in [0.29, 0.717) is 10.2 Å². The lowest BCUT2D eigenvalue weighted by molar-refractivity contribution is -0.131. The van der Waals surface area contributed by atoms with E-state index in [1.165, 1.54) is 34.4 Å². The van der Waals surface area contributed by atoms with Gasteiger partial charge in [0, 0.05) is 23.5 Å². The van der Waals surface area contributed by atoms with Gasteiger partial charge in [-0.3, -0.25) is 14.2 Å². The van der Waals surface area contributed by atoms with Crippen LogP contribution in [0.3, 0.4) is 0 Å². The number of nitrogens with zero attached hydrogens (tertiary/aromatic N) is 3. The second-order valence-electron chi connectivity index (χ2n) is 7.19. The Morgan fingerprint density at radius 1 is 1.14 bits per heavy atom. The smallest absolute Gasteiger partial charge is 0.263 e. The van der Waals surface area contributed by atoms with Crippen molar-refractivity contribution in [3.05, 3.63) is 51.6 Å². The molecule has 7 heteroatoms. The van der Waals surface area contributed by atoms with Crippen LogP contribution in [0.2, 0.25) is 0 Å². The van der Waals surface area contributed by atoms with Gasteiger partial charge < -0.3 is 4.90 Å². The summed E-state index contributed by atoms with van der Waals surface area (Å²) < 4.78 is 14.7. The van der Waals surface area contributed by atoms with Crippen LogP contribution in [0.15, 0.2) is 35.4 Å². The molecule has 1 aliphatic heterocycles. The van der Waals surface area contributed by atoms with Crippen LogP contribution in [0.5, 0.6) is 0 Å². The molecule has 0 atom stereocenters. The van der Waals surface area contributed by atoms with E-state index < -0.39 is 0 Å². The zero-order valence-electron chi connectivity index (χ0n) is 15.8. The number of carbonyl (C=O) groups is 1. The lowest BCUT2D eigenvalue weighted by Crippen LogP contribution is -2.37. The number of aromatic nitrogens is 2. The molecule has 5 nitrogen and oxygen atoms in total. The molecular weight excluding hydrogens is 377 g/mol. The Bertz CT molecular complexity index is 1060. The summed E-state index contributed by atoms with van der Waals surface area (Å²) in [6, 6.07) is 6.11. The number of amides is 1. The van der Waals surface area contributed by atoms with Crippen molar-refractivity contribution in [2.24, 2.45) is 0 Å². The standard InChI is InChI=1S/C21H22FN3O2S/c1-14-18(15-6-8-16(22)9-7-15)19-20(28-14)23-13-25(21(19)27)12-17(26)24-10-4-2-3-5-11-24/h6-9,13H,2-5,10-12H2,1H3. The molecule has 0 saturated carbocycles. The highest BCUT2D eigenvalue weighted by atomic mass is 32.1. The number of rotatable bonds is 3. The highest BCUT2D eigenvalue weighted by molar-refractivity contribution is 7.19. The van der Waals surface area contributed by atoms with Crippen molar-refractivity contribution >= 4 is 27.5 Å². The first-order chi connectivity index (χ1) is 13.5. The number of benzene rings is 1. The Hall–Kier alpha value is -2.54. The molecule has 1 fully saturated rings. The van der Waals surface area contributed by atoms with Gasteiger partial charge in [0.05, 0.1) is 11.7 Å². The fraction of sp³-hybridized carbons (Fsp3) is 0.381. The van der Waals surface area contributed by atoms with E-state index in [4.69, 9.17) is 0 Å². The minimum atomic E-state index is -0.320. The summed E-state index contributed by atoms with van der Waals surface area (Å²) in [5, 5.41) is 0.500. The molecule has 1 aliphatic rings. The molecule has 146 valence electrons. The maximum atomic E-state index is 13.3. The van der Waals surface area contributed by atoms with Gasteiger partial charge in [0.1, 0.15) is 17.2 Å². The molecule has 0 N–H and O–H groups in total. The Morgan fingerprint density at radius 2 is 1.82 bits per heavy atom. The van der Waals surface area contributed by atoms with Crippen LogP contribution >= 0.6 is 11.3 Å². The quantitative estimate of drug-likeness (QED) is 0.670. The third-order valence-electron chi connectivity index (χ3n) is 5.25. The van der Waals surface area contributed by atoms with E-state index in [1.807, 2.05) is 11.8 Å². The van der Waals surface area contributed by atoms with Gasteiger partial charge in [-0.1, -0.05) is 25.0 Å². The van der Waals surface area contributed by atoms with Gasteiger partial charge in [-0.05, 0) is 37.5 Å². The van der Waals surface area contributed by atoms with Crippen LogP contribution in [0, 0.1) is 12.7 Å². The van der Waals surface area contributed by atoms with E-state index in [-0.39, 0.29) is 23.8 Å². The fourth-order valence-corrected chi connectivity index (χ4v) is 4.78. The molecule has 1 aromatic carbocycles. The van der Waals surface area contributed by atoms with Crippen molar-refractivity contribution in [1.82, 2.24) is 14.5 Å². The molecule has 3 aromatic rings. The van der Waals surface area contributed by atoms with Gasteiger partial charge in [-0.25, -0.2) is 9.37 Å². The van der Waals surface area contributed by atoms with E-state index >= 15 is 0 Å². The number of halogens is 1. The van der Waals surface area contributed by atoms with E-state index in [9.17, 15) is 14.0 Å². The van der Waals surface area contributed by atoms with Crippen LogP contribution in [-0.2, 0) is 11.3 Å². The van der Waals surface area contributed by atoms with Crippen LogP contribution in [0.1, 0.15) is 30.6 Å². The Balaban J connectivity index is 1.72. The molecular formula is C21H22FN3O2S. The highest BCUT2D eigenvalue weighted by Gasteiger charge is 2.20. The summed E-state index contributed by atoms with van der Waals surface area (Å²) in [5.41, 5.74) is 1.33. The number of hydrogen-bond acceptors (Lipinski definition) is 4. The van der Waals surface area contributed by atoms with Crippen LogP contribution in [0.25, 0.3) is 21.3 Å². The average Bonchev–Trinajstić information content (AvgIpc) is 2.85. The lowest BCUT2D eigenvalue weighted by atomic mass is 10.0. The molecule has 0 radical (unpaired) electrons. The van der Waals surface area contributed by atoms with E-state index in [2.05, 4.69) is 4.98 Å². The van der Waals surface area contributed by atoms with Crippen molar-refractivity contribution in [2.75, 3.05) is 13.1 Å². The first kappa shape index (κ1) is 18.8. The van der Waals surface area contributed by atoms with Gasteiger partial charge in [-0.2, -0.15) is 0 Å². The Morgan fingerprint density at radius 3 is 2.50 bits per heavy atom. The van der Waals surface area contributed by atoms with Crippen LogP contribution in [-0.4, -0.2) is 33.4 Å². The van der Waals surface area contributed by atoms with Gasteiger partial charge in [-0.15, -0.1) is 11.3 Å². The SMILES string of the molecule is Cc1sc2ncn(CC(=O)N3CCCCCC3)c(=O)c2c1-c1ccc(F)cc1. The second kappa shape index (κ2) is 7.83. The van der Waals surface area contributed by atoms with E-state index in [1.54, 1.807) is 12.1 Å². The molecule has 0 aliphatic carbocycles. The number of aryl methyl sites for hydroxylation is 1. The molecule has 3 heterocycles. The van der Waals surface area contributed by atoms with Gasteiger partial charge in [0.15, 0.2) is 0 Å². The van der Waals surface area contributed by atoms with Crippen LogP contribution in [0.4, 0.5) is 4.39 Å². The first-order valence-corrected chi connectivity index (χ1v) is 10.4. The van der Waals surface area contributed by atoms with Gasteiger partial charge in [0.25, 0.3) is 5.56 Å². The minimum Gasteiger partial charge on any atom is -0.341 e. The lowest BCUT2D eigenvalue weighted by Gasteiger charge is -2.20. The summed E-state index contributed by atoms with van der Waals surface area (Å²) >= 11 is 1.44. The maximum Gasteiger partial charge on any atom is 0.263 e. The molecule has 0 bridgehead atoms. The number of carbonyl (C=O) groups excluding carboxylic acids is 1. The van der Waals surface area contributed by atoms with E-state index in [0.717, 1.165) is 54.8 Å². The Labute approximate surface area is 166 Å². The van der Waals surface area contributed by atoms with Gasteiger partial charge in [0.2, 0.25) is 5.91 Å². The Kier molecular flexibility index (Phi) is 5.26. The molecule has 28 heavy (non-hydrogen) atoms. The third-order valence-corrected chi connectivity index (χ3v) is 6.27. The highest BCUT2D eigenvalue weighted by Crippen LogP contribution is 2.35. The zero-order chi connectivity index (χ0) is 19.7. The first-order valence-electron chi connectivity index (χ1n) is 9.57. The molecule has 1 amide bonds. The molecule has 2 aromatic heterocycles. The number of hydrogen-bond donors (Lipinski definition) is 0. The largest absolute Gasteiger partial charge is 0.341 e. The fourth-order valence-electron chi connectivity index (χ4n) is 3.78. The average molecular weight is 399 g/mol. The summed E-state index contributed by atoms with van der Waals surface area (Å²) in [7, 11) is 0. The normalized spacial score (nSPS) is 15.0. The third kappa shape index (κ3) is 3.58. The minimum absolute atomic E-state index is 0.000471. The summed E-state index contributed by atoms with van der Waals surface area (Å²) in [6.07, 6.45) is 5.77. The predicted molar refractivity (Wildman–Crippen MR) is 109 cm³/mol. The number of thiophene rings is 1. The summed E-state index contributed by atoms with van der Waals surface area (Å²) in [4.78, 5) is 33.7. The second-order valence-corrected chi connectivity index (χ2v) is 8.40. The molecule has 0 spiro atoms. The maximum absolute atomic E-state index is 13.3. The van der Waals surface area contributed by atoms with Crippen molar-refractivity contribution in [1.29, 1.82) is 0 Å². The molecule has 4 rings (SSSR count). The van der Waals surface area contributed by atoms with Crippen molar-refractivity contribution < 1.29 is 9.18 Å². The van der Waals surface area contributed by atoms with Gasteiger partial charge >= 0.3 is 0 Å². The summed E-state index contributed by atoms with van der Waals surface area (Å²) in [6.45, 7) is 3.43. The van der Waals surface area contributed by atoms with Crippen molar-refractivity contribution in [3.63, 3.8) is 0 Å². The predicted octanol–water partition coefficient (Wildman–Crippen LogP) is 3.98. The monoisotopic (exact) mass is 399 g/mol. The van der Waals surface area contributed by atoms with Crippen molar-refractivity contribution in [3.8, 4) is 11.1 Å². The number of likely N-dealkylation sites (tertiary alicyclic amines) is 1. The number of fused-ring (bicyclic) bond motifs is 1. The molecule has 1 saturated heterocycles. The summed E-state index contributed by atoms with van der Waals surface area (Å²) in [5.74, 6) is -0.361.